The number of halogens is 1. The smallest absolute Gasteiger partial charge is 0.0896 e. The molecule has 0 aliphatic heterocycles. The van der Waals surface area contributed by atoms with E-state index in [1.807, 2.05) is 29.6 Å². The molecule has 0 radical (unpaired) electrons. The number of thiophene rings is 1. The van der Waals surface area contributed by atoms with Crippen molar-refractivity contribution in [1.29, 1.82) is 0 Å². The number of aliphatic hydroxyl groups excluding tert-OH is 1. The van der Waals surface area contributed by atoms with Gasteiger partial charge in [-0.25, -0.2) is 0 Å². The fourth-order valence-electron chi connectivity index (χ4n) is 1.62. The Kier molecular flexibility index (Phi) is 4.16. The molecule has 1 unspecified atom stereocenters. The second-order valence-corrected chi connectivity index (χ2v) is 5.47. The maximum Gasteiger partial charge on any atom is 0.0896 e. The van der Waals surface area contributed by atoms with Crippen LogP contribution in [0, 0.1) is 0 Å². The summed E-state index contributed by atoms with van der Waals surface area (Å²) in [6.45, 7) is 0. The van der Waals surface area contributed by atoms with Gasteiger partial charge in [0.15, 0.2) is 0 Å². The van der Waals surface area contributed by atoms with Crippen molar-refractivity contribution in [2.24, 2.45) is 0 Å². The van der Waals surface area contributed by atoms with Gasteiger partial charge in [0.1, 0.15) is 0 Å². The van der Waals surface area contributed by atoms with Gasteiger partial charge in [-0.15, -0.1) is 11.3 Å². The summed E-state index contributed by atoms with van der Waals surface area (Å²) >= 11 is 5.04. The summed E-state index contributed by atoms with van der Waals surface area (Å²) in [5, 5.41) is 12.0. The highest BCUT2D eigenvalue weighted by molar-refractivity contribution is 9.10. The molecule has 1 aromatic heterocycles. The van der Waals surface area contributed by atoms with Gasteiger partial charge in [0, 0.05) is 9.35 Å². The number of benzene rings is 1. The Hall–Kier alpha value is -0.640. The summed E-state index contributed by atoms with van der Waals surface area (Å²) in [7, 11) is 0. The Balaban J connectivity index is 1.94. The molecule has 0 aliphatic carbocycles. The highest BCUT2D eigenvalue weighted by atomic mass is 79.9. The molecule has 2 rings (SSSR count). The Morgan fingerprint density at radius 3 is 2.56 bits per heavy atom. The van der Waals surface area contributed by atoms with E-state index >= 15 is 0 Å². The van der Waals surface area contributed by atoms with Gasteiger partial charge in [-0.2, -0.15) is 0 Å². The van der Waals surface area contributed by atoms with E-state index in [4.69, 9.17) is 0 Å². The summed E-state index contributed by atoms with van der Waals surface area (Å²) in [6.07, 6.45) is 1.31. The van der Waals surface area contributed by atoms with Gasteiger partial charge in [0.2, 0.25) is 0 Å². The van der Waals surface area contributed by atoms with Crippen LogP contribution in [0.25, 0.3) is 0 Å². The second-order valence-electron chi connectivity index (χ2n) is 3.67. The van der Waals surface area contributed by atoms with Crippen LogP contribution in [0.4, 0.5) is 0 Å². The molecule has 1 heterocycles. The molecule has 0 aliphatic rings. The SMILES string of the molecule is OC(CCc1ccccc1)c1sccc1Br. The van der Waals surface area contributed by atoms with Crippen LogP contribution < -0.4 is 0 Å². The normalized spacial score (nSPS) is 12.6. The van der Waals surface area contributed by atoms with E-state index in [0.717, 1.165) is 22.2 Å². The van der Waals surface area contributed by atoms with Crippen LogP contribution >= 0.6 is 27.3 Å². The lowest BCUT2D eigenvalue weighted by molar-refractivity contribution is 0.171. The fourth-order valence-corrected chi connectivity index (χ4v) is 3.28. The van der Waals surface area contributed by atoms with E-state index in [-0.39, 0.29) is 6.10 Å². The van der Waals surface area contributed by atoms with Crippen molar-refractivity contribution in [3.63, 3.8) is 0 Å². The molecule has 2 aromatic rings. The molecule has 0 saturated heterocycles. The Morgan fingerprint density at radius 2 is 1.94 bits per heavy atom. The molecular weight excluding hydrogens is 284 g/mol. The highest BCUT2D eigenvalue weighted by Gasteiger charge is 2.12. The van der Waals surface area contributed by atoms with Gasteiger partial charge in [-0.3, -0.25) is 0 Å². The molecule has 0 fully saturated rings. The molecule has 3 heteroatoms. The van der Waals surface area contributed by atoms with Crippen molar-refractivity contribution in [3.8, 4) is 0 Å². The zero-order chi connectivity index (χ0) is 11.4. The lowest BCUT2D eigenvalue weighted by Gasteiger charge is -2.09. The van der Waals surface area contributed by atoms with Crippen molar-refractivity contribution in [1.82, 2.24) is 0 Å². The fraction of sp³-hybridized carbons (Fsp3) is 0.231. The van der Waals surface area contributed by atoms with Crippen LogP contribution in [-0.4, -0.2) is 5.11 Å². The van der Waals surface area contributed by atoms with Crippen molar-refractivity contribution in [2.75, 3.05) is 0 Å². The largest absolute Gasteiger partial charge is 0.388 e. The minimum atomic E-state index is -0.366. The quantitative estimate of drug-likeness (QED) is 0.897. The third-order valence-corrected chi connectivity index (χ3v) is 4.47. The molecule has 0 saturated carbocycles. The van der Waals surface area contributed by atoms with E-state index in [2.05, 4.69) is 28.1 Å². The first-order valence-electron chi connectivity index (χ1n) is 5.22. The minimum absolute atomic E-state index is 0.366. The van der Waals surface area contributed by atoms with E-state index < -0.39 is 0 Å². The standard InChI is InChI=1S/C13H13BrOS/c14-11-8-9-16-13(11)12(15)7-6-10-4-2-1-3-5-10/h1-5,8-9,12,15H,6-7H2. The van der Waals surface area contributed by atoms with Crippen LogP contribution in [0.1, 0.15) is 23.0 Å². The second kappa shape index (κ2) is 5.62. The Bertz CT molecular complexity index is 438. The Morgan fingerprint density at radius 1 is 1.19 bits per heavy atom. The van der Waals surface area contributed by atoms with Crippen LogP contribution in [0.3, 0.4) is 0 Å². The predicted molar refractivity (Wildman–Crippen MR) is 71.7 cm³/mol. The number of hydrogen-bond donors (Lipinski definition) is 1. The van der Waals surface area contributed by atoms with Crippen LogP contribution in [0.15, 0.2) is 46.3 Å². The Labute approximate surface area is 108 Å². The van der Waals surface area contributed by atoms with Crippen LogP contribution in [0.2, 0.25) is 0 Å². The van der Waals surface area contributed by atoms with Gasteiger partial charge in [0.25, 0.3) is 0 Å². The van der Waals surface area contributed by atoms with E-state index in [9.17, 15) is 5.11 Å². The third-order valence-electron chi connectivity index (χ3n) is 2.50. The summed E-state index contributed by atoms with van der Waals surface area (Å²) in [5.74, 6) is 0. The maximum absolute atomic E-state index is 10.0. The number of hydrogen-bond acceptors (Lipinski definition) is 2. The topological polar surface area (TPSA) is 20.2 Å². The number of aryl methyl sites for hydroxylation is 1. The molecule has 1 atom stereocenters. The highest BCUT2D eigenvalue weighted by Crippen LogP contribution is 2.31. The van der Waals surface area contributed by atoms with Crippen LogP contribution in [0.5, 0.6) is 0 Å². The van der Waals surface area contributed by atoms with Crippen LogP contribution in [-0.2, 0) is 6.42 Å². The average molecular weight is 297 g/mol. The van der Waals surface area contributed by atoms with E-state index in [0.29, 0.717) is 0 Å². The molecule has 0 amide bonds. The molecule has 1 nitrogen and oxygen atoms in total. The van der Waals surface area contributed by atoms with E-state index in [1.54, 1.807) is 11.3 Å². The zero-order valence-corrected chi connectivity index (χ0v) is 11.2. The third kappa shape index (κ3) is 2.94. The first kappa shape index (κ1) is 11.8. The number of rotatable bonds is 4. The zero-order valence-electron chi connectivity index (χ0n) is 8.77. The van der Waals surface area contributed by atoms with Crippen molar-refractivity contribution < 1.29 is 5.11 Å². The van der Waals surface area contributed by atoms with Crippen molar-refractivity contribution in [3.05, 3.63) is 56.7 Å². The van der Waals surface area contributed by atoms with Gasteiger partial charge < -0.3 is 5.11 Å². The molecule has 0 bridgehead atoms. The average Bonchev–Trinajstić information content (AvgIpc) is 2.74. The molecule has 1 aromatic carbocycles. The lowest BCUT2D eigenvalue weighted by atomic mass is 10.1. The maximum atomic E-state index is 10.0. The lowest BCUT2D eigenvalue weighted by Crippen LogP contribution is -1.97. The van der Waals surface area contributed by atoms with Gasteiger partial charge in [-0.1, -0.05) is 30.3 Å². The first-order valence-corrected chi connectivity index (χ1v) is 6.89. The van der Waals surface area contributed by atoms with Gasteiger partial charge >= 0.3 is 0 Å². The van der Waals surface area contributed by atoms with E-state index in [1.165, 1.54) is 5.56 Å². The molecular formula is C13H13BrOS. The summed E-state index contributed by atoms with van der Waals surface area (Å²) in [5.41, 5.74) is 1.27. The summed E-state index contributed by atoms with van der Waals surface area (Å²) < 4.78 is 1.01. The monoisotopic (exact) mass is 296 g/mol. The van der Waals surface area contributed by atoms with Gasteiger partial charge in [-0.05, 0) is 45.8 Å². The van der Waals surface area contributed by atoms with Crippen molar-refractivity contribution >= 4 is 27.3 Å². The predicted octanol–water partition coefficient (Wildman–Crippen LogP) is 4.18. The molecule has 1 N–H and O–H groups in total. The minimum Gasteiger partial charge on any atom is -0.388 e. The molecule has 84 valence electrons. The summed E-state index contributed by atoms with van der Waals surface area (Å²) in [4.78, 5) is 1.02. The van der Waals surface area contributed by atoms with Crippen molar-refractivity contribution in [2.45, 2.75) is 18.9 Å². The molecule has 0 spiro atoms. The first-order chi connectivity index (χ1) is 7.77. The number of aliphatic hydroxyl groups is 1. The molecule has 16 heavy (non-hydrogen) atoms. The summed E-state index contributed by atoms with van der Waals surface area (Å²) in [6, 6.07) is 12.2. The van der Waals surface area contributed by atoms with Gasteiger partial charge in [0.05, 0.1) is 6.10 Å².